The molecule has 124 valence electrons. The average molecular weight is 400 g/mol. The molecule has 5 aromatic rings. The summed E-state index contributed by atoms with van der Waals surface area (Å²) in [6.45, 7) is 0. The van der Waals surface area contributed by atoms with Gasteiger partial charge in [0.05, 0.1) is 6.20 Å². The molecule has 0 amide bonds. The fourth-order valence-electron chi connectivity index (χ4n) is 3.54. The number of imidazole rings is 1. The molecule has 26 heavy (non-hydrogen) atoms. The van der Waals surface area contributed by atoms with Gasteiger partial charge >= 0.3 is 0 Å². The van der Waals surface area contributed by atoms with Crippen molar-refractivity contribution in [1.82, 2.24) is 4.57 Å². The topological polar surface area (TPSA) is 9.03 Å². The first-order valence-electron chi connectivity index (χ1n) is 8.57. The summed E-state index contributed by atoms with van der Waals surface area (Å²) in [5, 5.41) is 2.49. The number of fused-ring (bicyclic) bond motifs is 2. The molecule has 5 rings (SSSR count). The lowest BCUT2D eigenvalue weighted by Crippen LogP contribution is -2.17. The third-order valence-electron chi connectivity index (χ3n) is 4.75. The van der Waals surface area contributed by atoms with Crippen molar-refractivity contribution in [3.63, 3.8) is 0 Å². The number of benzene rings is 3. The zero-order valence-electron chi connectivity index (χ0n) is 14.0. The highest BCUT2D eigenvalue weighted by Crippen LogP contribution is 2.30. The summed E-state index contributed by atoms with van der Waals surface area (Å²) in [5.41, 5.74) is 4.68. The molecule has 0 bridgehead atoms. The Bertz CT molecular complexity index is 1230. The van der Waals surface area contributed by atoms with Crippen molar-refractivity contribution in [3.8, 4) is 16.9 Å². The molecule has 2 aromatic heterocycles. The molecule has 0 aliphatic heterocycles. The van der Waals surface area contributed by atoms with Crippen molar-refractivity contribution in [3.05, 3.63) is 102 Å². The molecule has 3 aromatic carbocycles. The predicted molar refractivity (Wildman–Crippen MR) is 110 cm³/mol. The van der Waals surface area contributed by atoms with Gasteiger partial charge < -0.3 is 0 Å². The number of nitrogens with zero attached hydrogens (tertiary/aromatic N) is 2. The Morgan fingerprint density at radius 2 is 1.50 bits per heavy atom. The van der Waals surface area contributed by atoms with E-state index >= 15 is 0 Å². The molecule has 0 radical (unpaired) electrons. The van der Waals surface area contributed by atoms with Gasteiger partial charge in [-0.1, -0.05) is 58.4 Å². The standard InChI is InChI=1S/C23H16BrN2/c24-19-13-11-18(12-14-19)22-16-25-15-4-3-10-23(25)26(22)21-9-5-7-17-6-1-2-8-20(17)21/h1-16H/q+1. The number of halogens is 1. The molecule has 0 aliphatic rings. The van der Waals surface area contributed by atoms with E-state index in [0.29, 0.717) is 0 Å². The first-order chi connectivity index (χ1) is 12.8. The molecule has 0 atom stereocenters. The number of aromatic nitrogens is 2. The maximum absolute atomic E-state index is 3.54. The molecule has 2 nitrogen and oxygen atoms in total. The fraction of sp³-hybridized carbons (Fsp3) is 0. The van der Waals surface area contributed by atoms with Gasteiger partial charge in [0.2, 0.25) is 0 Å². The Hall–Kier alpha value is -2.91. The molecular formula is C23H16BrN2+. The second-order valence-corrected chi connectivity index (χ2v) is 7.24. The summed E-state index contributed by atoms with van der Waals surface area (Å²) < 4.78 is 5.60. The van der Waals surface area contributed by atoms with Crippen LogP contribution in [0.25, 0.3) is 33.4 Å². The lowest BCUT2D eigenvalue weighted by Gasteiger charge is -2.07. The zero-order chi connectivity index (χ0) is 17.5. The van der Waals surface area contributed by atoms with Gasteiger partial charge in [0.15, 0.2) is 5.69 Å². The van der Waals surface area contributed by atoms with Crippen molar-refractivity contribution in [2.45, 2.75) is 0 Å². The van der Waals surface area contributed by atoms with E-state index in [9.17, 15) is 0 Å². The lowest BCUT2D eigenvalue weighted by molar-refractivity contribution is -0.510. The van der Waals surface area contributed by atoms with E-state index in [0.717, 1.165) is 10.1 Å². The van der Waals surface area contributed by atoms with E-state index in [1.807, 2.05) is 0 Å². The van der Waals surface area contributed by atoms with Gasteiger partial charge in [-0.05, 0) is 41.8 Å². The zero-order valence-corrected chi connectivity index (χ0v) is 15.6. The Labute approximate surface area is 160 Å². The molecule has 3 heteroatoms. The third-order valence-corrected chi connectivity index (χ3v) is 5.28. The van der Waals surface area contributed by atoms with Crippen molar-refractivity contribution in [1.29, 1.82) is 0 Å². The summed E-state index contributed by atoms with van der Waals surface area (Å²) in [6.07, 6.45) is 4.29. The third kappa shape index (κ3) is 2.44. The van der Waals surface area contributed by atoms with Gasteiger partial charge in [-0.3, -0.25) is 0 Å². The molecule has 0 N–H and O–H groups in total. The molecular weight excluding hydrogens is 384 g/mol. The van der Waals surface area contributed by atoms with Crippen molar-refractivity contribution < 1.29 is 4.40 Å². The van der Waals surface area contributed by atoms with E-state index in [-0.39, 0.29) is 0 Å². The van der Waals surface area contributed by atoms with E-state index in [1.165, 1.54) is 27.7 Å². The van der Waals surface area contributed by atoms with Crippen LogP contribution in [0.1, 0.15) is 0 Å². The summed E-state index contributed by atoms with van der Waals surface area (Å²) in [7, 11) is 0. The smallest absolute Gasteiger partial charge is 0.202 e. The van der Waals surface area contributed by atoms with Crippen LogP contribution >= 0.6 is 15.9 Å². The molecule has 0 unspecified atom stereocenters. The Morgan fingerprint density at radius 3 is 2.38 bits per heavy atom. The van der Waals surface area contributed by atoms with Crippen LogP contribution < -0.4 is 4.40 Å². The van der Waals surface area contributed by atoms with Crippen LogP contribution in [0, 0.1) is 0 Å². The molecule has 0 saturated heterocycles. The molecule has 0 spiro atoms. The van der Waals surface area contributed by atoms with Crippen LogP contribution in [0.15, 0.2) is 102 Å². The average Bonchev–Trinajstić information content (AvgIpc) is 3.07. The maximum Gasteiger partial charge on any atom is 0.291 e. The largest absolute Gasteiger partial charge is 0.291 e. The van der Waals surface area contributed by atoms with E-state index in [1.54, 1.807) is 0 Å². The van der Waals surface area contributed by atoms with Crippen LogP contribution in [-0.4, -0.2) is 4.57 Å². The van der Waals surface area contributed by atoms with E-state index < -0.39 is 0 Å². The molecule has 0 aliphatic carbocycles. The Kier molecular flexibility index (Phi) is 3.61. The van der Waals surface area contributed by atoms with E-state index in [4.69, 9.17) is 0 Å². The van der Waals surface area contributed by atoms with Crippen LogP contribution in [-0.2, 0) is 0 Å². The minimum atomic E-state index is 1.08. The van der Waals surface area contributed by atoms with Crippen LogP contribution in [0.2, 0.25) is 0 Å². The highest BCUT2D eigenvalue weighted by Gasteiger charge is 2.22. The van der Waals surface area contributed by atoms with Gasteiger partial charge in [0.25, 0.3) is 5.65 Å². The monoisotopic (exact) mass is 399 g/mol. The van der Waals surface area contributed by atoms with Gasteiger partial charge in [-0.25, -0.2) is 4.40 Å². The first kappa shape index (κ1) is 15.4. The highest BCUT2D eigenvalue weighted by atomic mass is 79.9. The first-order valence-corrected chi connectivity index (χ1v) is 9.36. The number of hydrogen-bond donors (Lipinski definition) is 0. The quantitative estimate of drug-likeness (QED) is 0.331. The highest BCUT2D eigenvalue weighted by molar-refractivity contribution is 9.10. The van der Waals surface area contributed by atoms with E-state index in [2.05, 4.69) is 122 Å². The lowest BCUT2D eigenvalue weighted by atomic mass is 10.1. The second kappa shape index (κ2) is 6.11. The number of hydrogen-bond acceptors (Lipinski definition) is 0. The minimum absolute atomic E-state index is 1.08. The van der Waals surface area contributed by atoms with Crippen molar-refractivity contribution in [2.24, 2.45) is 0 Å². The second-order valence-electron chi connectivity index (χ2n) is 6.32. The van der Waals surface area contributed by atoms with Crippen molar-refractivity contribution in [2.75, 3.05) is 0 Å². The van der Waals surface area contributed by atoms with Crippen LogP contribution in [0.4, 0.5) is 0 Å². The summed E-state index contributed by atoms with van der Waals surface area (Å²) in [5.74, 6) is 0. The van der Waals surface area contributed by atoms with Gasteiger partial charge in [0, 0.05) is 21.5 Å². The normalized spacial score (nSPS) is 11.3. The van der Waals surface area contributed by atoms with Gasteiger partial charge in [-0.2, -0.15) is 4.57 Å². The number of pyridine rings is 1. The van der Waals surface area contributed by atoms with Crippen LogP contribution in [0.5, 0.6) is 0 Å². The Balaban J connectivity index is 1.89. The van der Waals surface area contributed by atoms with Crippen molar-refractivity contribution >= 4 is 32.3 Å². The summed E-state index contributed by atoms with van der Waals surface area (Å²) >= 11 is 3.54. The number of rotatable bonds is 2. The molecule has 2 heterocycles. The van der Waals surface area contributed by atoms with Crippen LogP contribution in [0.3, 0.4) is 0 Å². The predicted octanol–water partition coefficient (Wildman–Crippen LogP) is 5.80. The van der Waals surface area contributed by atoms with Gasteiger partial charge in [0.1, 0.15) is 11.9 Å². The maximum atomic E-state index is 3.54. The molecule has 0 fully saturated rings. The summed E-state index contributed by atoms with van der Waals surface area (Å²) in [6, 6.07) is 29.8. The molecule has 0 saturated carbocycles. The van der Waals surface area contributed by atoms with Gasteiger partial charge in [-0.15, -0.1) is 0 Å². The minimum Gasteiger partial charge on any atom is -0.202 e. The Morgan fingerprint density at radius 1 is 0.731 bits per heavy atom. The SMILES string of the molecule is Brc1ccc(-c2c[n+]3ccccc3n2-c2cccc3ccccc23)cc1. The fourth-order valence-corrected chi connectivity index (χ4v) is 3.80. The summed E-state index contributed by atoms with van der Waals surface area (Å²) in [4.78, 5) is 0.